The van der Waals surface area contributed by atoms with Gasteiger partial charge in [-0.2, -0.15) is 9.78 Å². The van der Waals surface area contributed by atoms with E-state index in [4.69, 9.17) is 4.42 Å². The molecule has 0 spiro atoms. The fourth-order valence-corrected chi connectivity index (χ4v) is 3.70. The first-order valence-electron chi connectivity index (χ1n) is 9.24. The first-order chi connectivity index (χ1) is 14.2. The molecule has 4 aromatic rings. The first kappa shape index (κ1) is 17.6. The van der Waals surface area contributed by atoms with E-state index in [9.17, 15) is 9.59 Å². The Morgan fingerprint density at radius 3 is 2.72 bits per heavy atom. The number of para-hydroxylation sites is 1. The highest BCUT2D eigenvalue weighted by molar-refractivity contribution is 7.13. The van der Waals surface area contributed by atoms with Crippen LogP contribution in [0.2, 0.25) is 0 Å². The Kier molecular flexibility index (Phi) is 4.36. The number of nitrogens with one attached hydrogen (secondary N) is 1. The molecule has 29 heavy (non-hydrogen) atoms. The third kappa shape index (κ3) is 3.64. The Balaban J connectivity index is 1.38. The van der Waals surface area contributed by atoms with Crippen molar-refractivity contribution >= 4 is 23.1 Å². The van der Waals surface area contributed by atoms with E-state index in [2.05, 4.69) is 15.5 Å². The Morgan fingerprint density at radius 2 is 2.00 bits per heavy atom. The molecule has 5 rings (SSSR count). The fraction of sp³-hybridized carbons (Fsp3) is 0.200. The van der Waals surface area contributed by atoms with E-state index < -0.39 is 5.76 Å². The monoisotopic (exact) mass is 407 g/mol. The van der Waals surface area contributed by atoms with E-state index >= 15 is 0 Å². The number of carbonyl (C=O) groups excluding carboxylic acids is 1. The average molecular weight is 407 g/mol. The van der Waals surface area contributed by atoms with Crippen molar-refractivity contribution in [2.45, 2.75) is 25.3 Å². The summed E-state index contributed by atoms with van der Waals surface area (Å²) >= 11 is 1.41. The summed E-state index contributed by atoms with van der Waals surface area (Å²) in [5, 5.41) is 13.5. The van der Waals surface area contributed by atoms with Gasteiger partial charge in [0.2, 0.25) is 5.91 Å². The van der Waals surface area contributed by atoms with Gasteiger partial charge in [-0.25, -0.2) is 9.48 Å². The quantitative estimate of drug-likeness (QED) is 0.529. The zero-order valence-corrected chi connectivity index (χ0v) is 16.1. The molecule has 8 nitrogen and oxygen atoms in total. The van der Waals surface area contributed by atoms with E-state index in [1.807, 2.05) is 47.8 Å². The number of nitrogens with zero attached hydrogens (tertiary/aromatic N) is 4. The van der Waals surface area contributed by atoms with Crippen LogP contribution in [0.4, 0.5) is 5.82 Å². The normalized spacial score (nSPS) is 13.5. The Bertz CT molecular complexity index is 1200. The standard InChI is InChI=1S/C20H17N5O3S/c26-18(12-24-20(27)28-19(23-24)16-7-4-10-29-16)21-17-11-15(13-8-9-13)22-25(17)14-5-2-1-3-6-14/h1-7,10-11,13H,8-9,12H2,(H,21,26). The minimum Gasteiger partial charge on any atom is -0.387 e. The molecule has 146 valence electrons. The lowest BCUT2D eigenvalue weighted by Gasteiger charge is -2.08. The van der Waals surface area contributed by atoms with Gasteiger partial charge < -0.3 is 9.73 Å². The number of benzene rings is 1. The Labute approximate surface area is 169 Å². The maximum Gasteiger partial charge on any atom is 0.437 e. The minimum absolute atomic E-state index is 0.211. The molecule has 3 heterocycles. The Morgan fingerprint density at radius 1 is 1.17 bits per heavy atom. The SMILES string of the molecule is O=C(Cn1nc(-c2cccs2)oc1=O)Nc1cc(C2CC2)nn1-c1ccccc1. The molecule has 0 radical (unpaired) electrons. The fourth-order valence-electron chi connectivity index (χ4n) is 3.06. The topological polar surface area (TPSA) is 94.9 Å². The van der Waals surface area contributed by atoms with Gasteiger partial charge in [-0.05, 0) is 36.4 Å². The molecule has 9 heteroatoms. The van der Waals surface area contributed by atoms with Gasteiger partial charge in [0.1, 0.15) is 12.4 Å². The molecular weight excluding hydrogens is 390 g/mol. The minimum atomic E-state index is -0.668. The average Bonchev–Trinajstić information content (AvgIpc) is 3.12. The highest BCUT2D eigenvalue weighted by Gasteiger charge is 2.28. The molecule has 0 aliphatic heterocycles. The third-order valence-electron chi connectivity index (χ3n) is 4.62. The highest BCUT2D eigenvalue weighted by Crippen LogP contribution is 2.40. The summed E-state index contributed by atoms with van der Waals surface area (Å²) < 4.78 is 7.90. The van der Waals surface area contributed by atoms with Gasteiger partial charge in [0.25, 0.3) is 5.89 Å². The number of aromatic nitrogens is 4. The first-order valence-corrected chi connectivity index (χ1v) is 10.1. The van der Waals surface area contributed by atoms with Crippen LogP contribution >= 0.6 is 11.3 Å². The molecule has 1 fully saturated rings. The molecule has 0 bridgehead atoms. The number of carbonyl (C=O) groups is 1. The summed E-state index contributed by atoms with van der Waals surface area (Å²) in [6.45, 7) is -0.244. The van der Waals surface area contributed by atoms with Gasteiger partial charge in [-0.1, -0.05) is 24.3 Å². The van der Waals surface area contributed by atoms with Gasteiger partial charge in [-0.15, -0.1) is 16.4 Å². The lowest BCUT2D eigenvalue weighted by Crippen LogP contribution is -2.26. The van der Waals surface area contributed by atoms with Crippen LogP contribution in [0.15, 0.2) is 63.1 Å². The molecule has 3 aromatic heterocycles. The second-order valence-electron chi connectivity index (χ2n) is 6.83. The van der Waals surface area contributed by atoms with Gasteiger partial charge in [0.15, 0.2) is 0 Å². The van der Waals surface area contributed by atoms with Gasteiger partial charge in [0, 0.05) is 12.0 Å². The maximum atomic E-state index is 12.6. The van der Waals surface area contributed by atoms with E-state index in [1.54, 1.807) is 10.7 Å². The van der Waals surface area contributed by atoms with Crippen LogP contribution in [0.1, 0.15) is 24.5 Å². The van der Waals surface area contributed by atoms with Crippen molar-refractivity contribution in [1.29, 1.82) is 0 Å². The molecule has 1 amide bonds. The largest absolute Gasteiger partial charge is 0.437 e. The van der Waals surface area contributed by atoms with Crippen LogP contribution in [-0.2, 0) is 11.3 Å². The molecule has 1 saturated carbocycles. The maximum absolute atomic E-state index is 12.6. The number of amides is 1. The number of thiophene rings is 1. The number of anilines is 1. The van der Waals surface area contributed by atoms with Crippen LogP contribution in [0.3, 0.4) is 0 Å². The van der Waals surface area contributed by atoms with Crippen molar-refractivity contribution in [3.8, 4) is 16.5 Å². The van der Waals surface area contributed by atoms with Crippen LogP contribution in [-0.4, -0.2) is 25.5 Å². The molecule has 1 aliphatic carbocycles. The molecule has 1 N–H and O–H groups in total. The van der Waals surface area contributed by atoms with Crippen molar-refractivity contribution in [3.63, 3.8) is 0 Å². The van der Waals surface area contributed by atoms with Crippen LogP contribution in [0.5, 0.6) is 0 Å². The van der Waals surface area contributed by atoms with E-state index in [1.165, 1.54) is 11.3 Å². The summed E-state index contributed by atoms with van der Waals surface area (Å²) in [5.74, 6) is 0.180. The molecular formula is C20H17N5O3S. The predicted octanol–water partition coefficient (Wildman–Crippen LogP) is 3.27. The second-order valence-corrected chi connectivity index (χ2v) is 7.78. The molecule has 0 saturated heterocycles. The van der Waals surface area contributed by atoms with Gasteiger partial charge >= 0.3 is 5.76 Å². The number of hydrogen-bond acceptors (Lipinski definition) is 6. The van der Waals surface area contributed by atoms with E-state index in [0.29, 0.717) is 11.7 Å². The van der Waals surface area contributed by atoms with Crippen molar-refractivity contribution in [2.24, 2.45) is 0 Å². The summed E-state index contributed by atoms with van der Waals surface area (Å²) in [5.41, 5.74) is 1.82. The number of rotatable bonds is 6. The van der Waals surface area contributed by atoms with Crippen molar-refractivity contribution < 1.29 is 9.21 Å². The van der Waals surface area contributed by atoms with Gasteiger partial charge in [0.05, 0.1) is 16.3 Å². The summed E-state index contributed by atoms with van der Waals surface area (Å²) in [4.78, 5) is 25.4. The molecule has 1 aromatic carbocycles. The lowest BCUT2D eigenvalue weighted by molar-refractivity contribution is -0.117. The molecule has 0 atom stereocenters. The van der Waals surface area contributed by atoms with Crippen molar-refractivity contribution in [3.05, 3.63) is 70.2 Å². The smallest absolute Gasteiger partial charge is 0.387 e. The van der Waals surface area contributed by atoms with Crippen LogP contribution in [0.25, 0.3) is 16.5 Å². The second kappa shape index (κ2) is 7.17. The zero-order valence-electron chi connectivity index (χ0n) is 15.3. The third-order valence-corrected chi connectivity index (χ3v) is 5.48. The van der Waals surface area contributed by atoms with E-state index in [-0.39, 0.29) is 18.3 Å². The lowest BCUT2D eigenvalue weighted by atomic mass is 10.3. The molecule has 0 unspecified atom stereocenters. The predicted molar refractivity (Wildman–Crippen MR) is 108 cm³/mol. The number of hydrogen-bond donors (Lipinski definition) is 1. The summed E-state index contributed by atoms with van der Waals surface area (Å²) in [6, 6.07) is 15.1. The Hall–Kier alpha value is -3.46. The summed E-state index contributed by atoms with van der Waals surface area (Å²) in [7, 11) is 0. The zero-order chi connectivity index (χ0) is 19.8. The van der Waals surface area contributed by atoms with Crippen molar-refractivity contribution in [2.75, 3.05) is 5.32 Å². The van der Waals surface area contributed by atoms with Crippen molar-refractivity contribution in [1.82, 2.24) is 19.6 Å². The summed E-state index contributed by atoms with van der Waals surface area (Å²) in [6.07, 6.45) is 2.22. The van der Waals surface area contributed by atoms with Crippen LogP contribution < -0.4 is 11.1 Å². The molecule has 1 aliphatic rings. The van der Waals surface area contributed by atoms with Gasteiger partial charge in [-0.3, -0.25) is 4.79 Å². The van der Waals surface area contributed by atoms with E-state index in [0.717, 1.165) is 33.8 Å². The van der Waals surface area contributed by atoms with Crippen LogP contribution in [0, 0.1) is 0 Å². The highest BCUT2D eigenvalue weighted by atomic mass is 32.1.